The Morgan fingerprint density at radius 2 is 1.80 bits per heavy atom. The largest absolute Gasteiger partial charge is 0.354 e. The summed E-state index contributed by atoms with van der Waals surface area (Å²) in [5.41, 5.74) is 0. The highest BCUT2D eigenvalue weighted by atomic mass is 16.7. The Kier molecular flexibility index (Phi) is 7.14. The number of aromatic nitrogens is 3. The molecule has 0 amide bonds. The number of hydroxylamine groups is 1. The van der Waals surface area contributed by atoms with Crippen LogP contribution in [0.1, 0.15) is 26.7 Å². The first-order chi connectivity index (χ1) is 9.71. The minimum absolute atomic E-state index is 0.449. The molecule has 0 spiro atoms. The predicted octanol–water partition coefficient (Wildman–Crippen LogP) is 1.52. The van der Waals surface area contributed by atoms with Gasteiger partial charge in [0.15, 0.2) is 0 Å². The second kappa shape index (κ2) is 8.93. The Balaban J connectivity index is 2.81. The molecule has 0 saturated carbocycles. The van der Waals surface area contributed by atoms with Gasteiger partial charge in [0.2, 0.25) is 11.9 Å². The normalized spacial score (nSPS) is 9.60. The summed E-state index contributed by atoms with van der Waals surface area (Å²) < 4.78 is 0. The molecule has 1 aromatic rings. The van der Waals surface area contributed by atoms with E-state index in [1.54, 1.807) is 14.2 Å². The van der Waals surface area contributed by atoms with Crippen molar-refractivity contribution in [3.63, 3.8) is 0 Å². The maximum absolute atomic E-state index is 5.10. The fourth-order valence-corrected chi connectivity index (χ4v) is 1.34. The second-order valence-corrected chi connectivity index (χ2v) is 3.99. The van der Waals surface area contributed by atoms with Crippen LogP contribution in [0.5, 0.6) is 0 Å². The van der Waals surface area contributed by atoms with Crippen LogP contribution in [0, 0.1) is 11.8 Å². The summed E-state index contributed by atoms with van der Waals surface area (Å²) in [4.78, 5) is 18.0. The highest BCUT2D eigenvalue weighted by Crippen LogP contribution is 2.12. The molecule has 1 aromatic heterocycles. The average Bonchev–Trinajstić information content (AvgIpc) is 2.48. The summed E-state index contributed by atoms with van der Waals surface area (Å²) in [5.74, 6) is 7.32. The first-order valence-corrected chi connectivity index (χ1v) is 6.62. The highest BCUT2D eigenvalue weighted by Gasteiger charge is 2.09. The maximum Gasteiger partial charge on any atom is 0.256 e. The Bertz CT molecular complexity index is 468. The van der Waals surface area contributed by atoms with Gasteiger partial charge in [0.25, 0.3) is 5.95 Å². The molecule has 0 bridgehead atoms. The van der Waals surface area contributed by atoms with Crippen LogP contribution in [-0.2, 0) is 4.84 Å². The van der Waals surface area contributed by atoms with Crippen LogP contribution in [0.3, 0.4) is 0 Å². The third-order valence-electron chi connectivity index (χ3n) is 2.42. The molecular weight excluding hydrogens is 256 g/mol. The number of nitrogens with one attached hydrogen (secondary N) is 2. The quantitative estimate of drug-likeness (QED) is 0.424. The number of hydrogen-bond acceptors (Lipinski definition) is 7. The van der Waals surface area contributed by atoms with Gasteiger partial charge in [-0.05, 0) is 13.3 Å². The third kappa shape index (κ3) is 5.28. The zero-order valence-electron chi connectivity index (χ0n) is 12.5. The lowest BCUT2D eigenvalue weighted by atomic mass is 10.4. The number of rotatable bonds is 8. The molecule has 1 rings (SSSR count). The summed E-state index contributed by atoms with van der Waals surface area (Å²) in [6.07, 6.45) is 1.74. The van der Waals surface area contributed by atoms with Gasteiger partial charge in [-0.15, -0.1) is 11.8 Å². The van der Waals surface area contributed by atoms with Crippen molar-refractivity contribution in [1.29, 1.82) is 0 Å². The first kappa shape index (κ1) is 16.0. The van der Waals surface area contributed by atoms with Crippen molar-refractivity contribution < 1.29 is 4.84 Å². The van der Waals surface area contributed by atoms with Gasteiger partial charge in [0, 0.05) is 26.6 Å². The number of anilines is 3. The van der Waals surface area contributed by atoms with E-state index in [1.165, 1.54) is 5.06 Å². The summed E-state index contributed by atoms with van der Waals surface area (Å²) in [5, 5.41) is 7.75. The maximum atomic E-state index is 5.10. The number of hydrogen-bond donors (Lipinski definition) is 2. The van der Waals surface area contributed by atoms with Crippen molar-refractivity contribution in [2.24, 2.45) is 0 Å². The van der Waals surface area contributed by atoms with Gasteiger partial charge in [-0.25, -0.2) is 5.06 Å². The standard InChI is InChI=1S/C13H22N6O/c1-5-7-8-10-15-12-16-11(14-9-6-2)17-13(18-12)19(3)20-4/h6,8-10H2,1-4H3,(H2,14,15,16,17,18). The topological polar surface area (TPSA) is 75.2 Å². The smallest absolute Gasteiger partial charge is 0.256 e. The fraction of sp³-hybridized carbons (Fsp3) is 0.615. The van der Waals surface area contributed by atoms with Crippen molar-refractivity contribution in [3.8, 4) is 11.8 Å². The molecule has 0 aliphatic carbocycles. The monoisotopic (exact) mass is 278 g/mol. The molecule has 7 heteroatoms. The summed E-state index contributed by atoms with van der Waals surface area (Å²) >= 11 is 0. The minimum atomic E-state index is 0.449. The Hall–Kier alpha value is -2.07. The van der Waals surface area contributed by atoms with E-state index >= 15 is 0 Å². The van der Waals surface area contributed by atoms with E-state index in [9.17, 15) is 0 Å². The third-order valence-corrected chi connectivity index (χ3v) is 2.42. The molecule has 0 aliphatic rings. The van der Waals surface area contributed by atoms with Crippen LogP contribution in [0.15, 0.2) is 0 Å². The number of nitrogens with zero attached hydrogens (tertiary/aromatic N) is 4. The second-order valence-electron chi connectivity index (χ2n) is 3.99. The van der Waals surface area contributed by atoms with Gasteiger partial charge < -0.3 is 10.6 Å². The SMILES string of the molecule is CC#CCCNc1nc(NCCC)nc(N(C)OC)n1. The highest BCUT2D eigenvalue weighted by molar-refractivity contribution is 5.42. The summed E-state index contributed by atoms with van der Waals surface area (Å²) in [6, 6.07) is 0. The summed E-state index contributed by atoms with van der Waals surface area (Å²) in [7, 11) is 3.30. The first-order valence-electron chi connectivity index (χ1n) is 6.62. The van der Waals surface area contributed by atoms with Gasteiger partial charge in [0.1, 0.15) is 0 Å². The minimum Gasteiger partial charge on any atom is -0.354 e. The molecule has 20 heavy (non-hydrogen) atoms. The van der Waals surface area contributed by atoms with E-state index in [0.717, 1.165) is 19.4 Å². The molecule has 0 unspecified atom stereocenters. The van der Waals surface area contributed by atoms with Gasteiger partial charge in [0.05, 0.1) is 7.11 Å². The molecule has 0 aliphatic heterocycles. The van der Waals surface area contributed by atoms with Gasteiger partial charge in [-0.2, -0.15) is 15.0 Å². The van der Waals surface area contributed by atoms with E-state index in [4.69, 9.17) is 4.84 Å². The zero-order chi connectivity index (χ0) is 14.8. The Labute approximate surface area is 120 Å². The molecular formula is C13H22N6O. The molecule has 0 aromatic carbocycles. The molecule has 2 N–H and O–H groups in total. The van der Waals surface area contributed by atoms with Crippen LogP contribution in [0.2, 0.25) is 0 Å². The van der Waals surface area contributed by atoms with Crippen molar-refractivity contribution in [3.05, 3.63) is 0 Å². The van der Waals surface area contributed by atoms with E-state index in [0.29, 0.717) is 24.4 Å². The Morgan fingerprint density at radius 3 is 2.35 bits per heavy atom. The zero-order valence-corrected chi connectivity index (χ0v) is 12.5. The lowest BCUT2D eigenvalue weighted by molar-refractivity contribution is 0.180. The van der Waals surface area contributed by atoms with Crippen LogP contribution in [0.25, 0.3) is 0 Å². The van der Waals surface area contributed by atoms with E-state index in [2.05, 4.69) is 44.4 Å². The van der Waals surface area contributed by atoms with Crippen LogP contribution in [0.4, 0.5) is 17.8 Å². The van der Waals surface area contributed by atoms with E-state index < -0.39 is 0 Å². The van der Waals surface area contributed by atoms with Crippen molar-refractivity contribution in [1.82, 2.24) is 15.0 Å². The molecule has 0 saturated heterocycles. The van der Waals surface area contributed by atoms with Crippen molar-refractivity contribution in [2.45, 2.75) is 26.7 Å². The van der Waals surface area contributed by atoms with E-state index in [1.807, 2.05) is 6.92 Å². The molecule has 0 atom stereocenters. The predicted molar refractivity (Wildman–Crippen MR) is 80.6 cm³/mol. The van der Waals surface area contributed by atoms with Crippen molar-refractivity contribution in [2.75, 3.05) is 42.9 Å². The fourth-order valence-electron chi connectivity index (χ4n) is 1.34. The van der Waals surface area contributed by atoms with Crippen LogP contribution >= 0.6 is 0 Å². The molecule has 0 radical (unpaired) electrons. The molecule has 1 heterocycles. The van der Waals surface area contributed by atoms with E-state index in [-0.39, 0.29) is 0 Å². The molecule has 7 nitrogen and oxygen atoms in total. The van der Waals surface area contributed by atoms with Gasteiger partial charge >= 0.3 is 0 Å². The Morgan fingerprint density at radius 1 is 1.15 bits per heavy atom. The lowest BCUT2D eigenvalue weighted by Crippen LogP contribution is -2.20. The van der Waals surface area contributed by atoms with Gasteiger partial charge in [-0.3, -0.25) is 4.84 Å². The average molecular weight is 278 g/mol. The van der Waals surface area contributed by atoms with Gasteiger partial charge in [-0.1, -0.05) is 6.92 Å². The van der Waals surface area contributed by atoms with Crippen molar-refractivity contribution >= 4 is 17.8 Å². The molecule has 0 fully saturated rings. The van der Waals surface area contributed by atoms with Crippen LogP contribution < -0.4 is 15.7 Å². The lowest BCUT2D eigenvalue weighted by Gasteiger charge is -2.15. The van der Waals surface area contributed by atoms with Crippen LogP contribution in [-0.4, -0.2) is 42.2 Å². The summed E-state index contributed by atoms with van der Waals surface area (Å²) in [6.45, 7) is 5.40. The molecule has 110 valence electrons.